The van der Waals surface area contributed by atoms with Gasteiger partial charge in [0.15, 0.2) is 14.4 Å². The highest BCUT2D eigenvalue weighted by atomic mass is 32.2. The van der Waals surface area contributed by atoms with Crippen molar-refractivity contribution in [3.63, 3.8) is 0 Å². The first-order valence-electron chi connectivity index (χ1n) is 15.0. The number of nitrogens with one attached hydrogen (secondary N) is 1. The zero-order chi connectivity index (χ0) is 31.2. The summed E-state index contributed by atoms with van der Waals surface area (Å²) in [7, 11) is -0.991. The number of nitrogens with zero attached hydrogens (tertiary/aromatic N) is 1. The van der Waals surface area contributed by atoms with Crippen molar-refractivity contribution in [1.82, 2.24) is 10.2 Å². The van der Waals surface area contributed by atoms with Crippen LogP contribution < -0.4 is 5.32 Å². The maximum atomic E-state index is 14.2. The second kappa shape index (κ2) is 14.8. The van der Waals surface area contributed by atoms with Crippen molar-refractivity contribution in [3.8, 4) is 0 Å². The molecule has 2 aliphatic rings. The summed E-state index contributed by atoms with van der Waals surface area (Å²) in [5, 5.41) is 5.08. The van der Waals surface area contributed by atoms with Crippen LogP contribution in [0.2, 0.25) is 18.1 Å². The number of carbonyl (C=O) groups is 3. The molecule has 8 nitrogen and oxygen atoms in total. The number of rotatable bonds is 11. The monoisotopic (exact) mass is 646 g/mol. The average molecular weight is 647 g/mol. The molecule has 236 valence electrons. The predicted molar refractivity (Wildman–Crippen MR) is 178 cm³/mol. The maximum absolute atomic E-state index is 14.2. The molecule has 4 rings (SSSR count). The van der Waals surface area contributed by atoms with Crippen molar-refractivity contribution in [3.05, 3.63) is 48.0 Å². The lowest BCUT2D eigenvalue weighted by Crippen LogP contribution is -2.58. The van der Waals surface area contributed by atoms with Crippen LogP contribution in [0.1, 0.15) is 32.8 Å². The zero-order valence-corrected chi connectivity index (χ0v) is 28.9. The summed E-state index contributed by atoms with van der Waals surface area (Å²) in [5.74, 6) is 0.244. The van der Waals surface area contributed by atoms with Crippen LogP contribution >= 0.6 is 23.5 Å². The molecule has 0 bridgehead atoms. The fourth-order valence-electron chi connectivity index (χ4n) is 5.18. The van der Waals surface area contributed by atoms with Gasteiger partial charge in [0.2, 0.25) is 11.8 Å². The molecule has 0 saturated carbocycles. The van der Waals surface area contributed by atoms with E-state index in [1.165, 1.54) is 7.11 Å². The van der Waals surface area contributed by atoms with E-state index in [-0.39, 0.29) is 27.9 Å². The molecular weight excluding hydrogens is 601 g/mol. The van der Waals surface area contributed by atoms with E-state index in [9.17, 15) is 14.4 Å². The Morgan fingerprint density at radius 1 is 1.05 bits per heavy atom. The maximum Gasteiger partial charge on any atom is 0.331 e. The van der Waals surface area contributed by atoms with Crippen LogP contribution in [0, 0.1) is 5.92 Å². The van der Waals surface area contributed by atoms with Crippen LogP contribution in [0.5, 0.6) is 0 Å². The number of methoxy groups -OCH3 is 1. The third-order valence-corrected chi connectivity index (χ3v) is 16.4. The molecule has 3 atom stereocenters. The summed E-state index contributed by atoms with van der Waals surface area (Å²) in [6.45, 7) is 12.8. The van der Waals surface area contributed by atoms with Crippen molar-refractivity contribution in [2.24, 2.45) is 5.92 Å². The molecule has 0 spiro atoms. The highest BCUT2D eigenvalue weighted by Crippen LogP contribution is 2.43. The molecule has 43 heavy (non-hydrogen) atoms. The second-order valence-corrected chi connectivity index (χ2v) is 20.3. The van der Waals surface area contributed by atoms with Gasteiger partial charge in [-0.2, -0.15) is 0 Å². The van der Waals surface area contributed by atoms with E-state index in [1.54, 1.807) is 28.4 Å². The third-order valence-electron chi connectivity index (χ3n) is 8.74. The first-order chi connectivity index (χ1) is 20.4. The largest absolute Gasteiger partial charge is 0.467 e. The Kier molecular flexibility index (Phi) is 11.7. The molecule has 1 N–H and O–H groups in total. The molecule has 2 aromatic carbocycles. The van der Waals surface area contributed by atoms with Crippen molar-refractivity contribution in [1.29, 1.82) is 0 Å². The molecule has 2 fully saturated rings. The number of hydrogen-bond donors (Lipinski definition) is 1. The first-order valence-corrected chi connectivity index (χ1v) is 20.0. The SMILES string of the molecule is COC(=O)[C@H](NC(=O)[C@@H](CC(=O)N1CCOCC1)Cc1cccc2ccccc12)[C@H](O[Si](C)(C)C(C)(C)C)C1SCCS1. The lowest BCUT2D eigenvalue weighted by molar-refractivity contribution is -0.148. The Bertz CT molecular complexity index is 1270. The highest BCUT2D eigenvalue weighted by molar-refractivity contribution is 8.20. The number of morpholine rings is 1. The van der Waals surface area contributed by atoms with Crippen LogP contribution in [0.15, 0.2) is 42.5 Å². The van der Waals surface area contributed by atoms with Crippen molar-refractivity contribution in [2.45, 2.75) is 68.5 Å². The summed E-state index contributed by atoms with van der Waals surface area (Å²) in [4.78, 5) is 42.9. The number of amides is 2. The Morgan fingerprint density at radius 2 is 1.70 bits per heavy atom. The summed E-state index contributed by atoms with van der Waals surface area (Å²) in [6.07, 6.45) is -0.176. The molecule has 2 heterocycles. The standard InChI is InChI=1S/C32H46N2O6S2Si/c1-32(2,3)43(5,6)40-28(31-41-18-19-42-31)27(30(37)38-4)33-29(36)24(21-26(35)34-14-16-39-17-15-34)20-23-12-9-11-22-10-7-8-13-25(22)23/h7-13,24,27-28,31H,14-21H2,1-6H3,(H,33,36)/t24-,27-,28+/m1/s1. The van der Waals surface area contributed by atoms with Crippen LogP contribution in [-0.4, -0.2) is 92.6 Å². The molecule has 11 heteroatoms. The number of carbonyl (C=O) groups excluding carboxylic acids is 3. The number of benzene rings is 2. The van der Waals surface area contributed by atoms with Gasteiger partial charge in [-0.15, -0.1) is 23.5 Å². The molecule has 0 aromatic heterocycles. The van der Waals surface area contributed by atoms with E-state index in [2.05, 4.69) is 39.2 Å². The number of fused-ring (bicyclic) bond motifs is 1. The van der Waals surface area contributed by atoms with Crippen LogP contribution in [0.25, 0.3) is 10.8 Å². The lowest BCUT2D eigenvalue weighted by atomic mass is 9.91. The Labute approximate surface area is 265 Å². The predicted octanol–water partition coefficient (Wildman–Crippen LogP) is 5.10. The minimum absolute atomic E-state index is 0.0231. The van der Waals surface area contributed by atoms with E-state index >= 15 is 0 Å². The minimum atomic E-state index is -2.33. The fourth-order valence-corrected chi connectivity index (χ4v) is 9.69. The Balaban J connectivity index is 1.65. The van der Waals surface area contributed by atoms with E-state index in [4.69, 9.17) is 13.9 Å². The van der Waals surface area contributed by atoms with Gasteiger partial charge in [-0.05, 0) is 40.9 Å². The molecule has 0 unspecified atom stereocenters. The molecular formula is C32H46N2O6S2Si. The Hall–Kier alpha value is -2.05. The van der Waals surface area contributed by atoms with Gasteiger partial charge < -0.3 is 24.1 Å². The van der Waals surface area contributed by atoms with Crippen molar-refractivity contribution < 1.29 is 28.3 Å². The van der Waals surface area contributed by atoms with Crippen LogP contribution in [-0.2, 0) is 34.7 Å². The van der Waals surface area contributed by atoms with Crippen LogP contribution in [0.4, 0.5) is 0 Å². The molecule has 2 amide bonds. The van der Waals surface area contributed by atoms with E-state index in [1.807, 2.05) is 42.5 Å². The van der Waals surface area contributed by atoms with E-state index in [0.29, 0.717) is 32.7 Å². The summed E-state index contributed by atoms with van der Waals surface area (Å²) < 4.78 is 17.6. The summed E-state index contributed by atoms with van der Waals surface area (Å²) >= 11 is 3.51. The lowest BCUT2D eigenvalue weighted by Gasteiger charge is -2.42. The molecule has 2 aromatic rings. The van der Waals surface area contributed by atoms with Crippen LogP contribution in [0.3, 0.4) is 0 Å². The zero-order valence-electron chi connectivity index (χ0n) is 26.2. The van der Waals surface area contributed by atoms with Gasteiger partial charge in [0.25, 0.3) is 0 Å². The minimum Gasteiger partial charge on any atom is -0.467 e. The van der Waals surface area contributed by atoms with Gasteiger partial charge in [-0.25, -0.2) is 4.79 Å². The number of hydrogen-bond acceptors (Lipinski definition) is 8. The van der Waals surface area contributed by atoms with Gasteiger partial charge >= 0.3 is 5.97 Å². The summed E-state index contributed by atoms with van der Waals surface area (Å²) in [6, 6.07) is 13.1. The smallest absolute Gasteiger partial charge is 0.331 e. The number of ether oxygens (including phenoxy) is 2. The first kappa shape index (κ1) is 33.8. The van der Waals surface area contributed by atoms with E-state index < -0.39 is 32.4 Å². The quantitative estimate of drug-likeness (QED) is 0.266. The topological polar surface area (TPSA) is 94.2 Å². The van der Waals surface area contributed by atoms with Crippen molar-refractivity contribution in [2.75, 3.05) is 44.9 Å². The highest BCUT2D eigenvalue weighted by Gasteiger charge is 2.47. The summed E-state index contributed by atoms with van der Waals surface area (Å²) in [5.41, 5.74) is 0.985. The molecule has 2 saturated heterocycles. The molecule has 2 aliphatic heterocycles. The Morgan fingerprint density at radius 3 is 2.35 bits per heavy atom. The van der Waals surface area contributed by atoms with Gasteiger partial charge in [0, 0.05) is 31.0 Å². The van der Waals surface area contributed by atoms with Crippen molar-refractivity contribution >= 4 is 60.4 Å². The van der Waals surface area contributed by atoms with E-state index in [0.717, 1.165) is 27.8 Å². The average Bonchev–Trinajstić information content (AvgIpc) is 3.53. The molecule has 0 radical (unpaired) electrons. The van der Waals surface area contributed by atoms with Gasteiger partial charge in [-0.3, -0.25) is 9.59 Å². The van der Waals surface area contributed by atoms with Gasteiger partial charge in [0.05, 0.1) is 36.9 Å². The molecule has 0 aliphatic carbocycles. The van der Waals surface area contributed by atoms with Gasteiger partial charge in [-0.1, -0.05) is 63.2 Å². The number of esters is 1. The third kappa shape index (κ3) is 8.57. The fraction of sp³-hybridized carbons (Fsp3) is 0.594. The number of thioether (sulfide) groups is 2. The van der Waals surface area contributed by atoms with Gasteiger partial charge in [0.1, 0.15) is 0 Å². The normalized spacial score (nSPS) is 18.7. The second-order valence-electron chi connectivity index (χ2n) is 12.7.